The lowest BCUT2D eigenvalue weighted by atomic mass is 10.0. The molecule has 0 rings (SSSR count). The molecule has 0 bridgehead atoms. The molecule has 0 aromatic rings. The summed E-state index contributed by atoms with van der Waals surface area (Å²) < 4.78 is 17.0. The van der Waals surface area contributed by atoms with Gasteiger partial charge in [-0.3, -0.25) is 14.4 Å². The summed E-state index contributed by atoms with van der Waals surface area (Å²) in [5.41, 5.74) is 0. The van der Waals surface area contributed by atoms with Gasteiger partial charge in [-0.05, 0) is 44.9 Å². The summed E-state index contributed by atoms with van der Waals surface area (Å²) >= 11 is 0. The Morgan fingerprint density at radius 2 is 0.458 bits per heavy atom. The van der Waals surface area contributed by atoms with E-state index in [9.17, 15) is 14.4 Å². The van der Waals surface area contributed by atoms with Gasteiger partial charge >= 0.3 is 17.9 Å². The summed E-state index contributed by atoms with van der Waals surface area (Å²) in [4.78, 5) is 38.5. The quantitative estimate of drug-likeness (QED) is 0.0261. The molecule has 0 aliphatic carbocycles. The van der Waals surface area contributed by atoms with E-state index in [4.69, 9.17) is 14.2 Å². The first-order valence-electron chi connectivity index (χ1n) is 37.8. The largest absolute Gasteiger partial charge is 0.462 e. The molecule has 1 unspecified atom stereocenters. The minimum atomic E-state index is -0.774. The molecule has 0 radical (unpaired) electrons. The maximum Gasteiger partial charge on any atom is 0.306 e. The summed E-state index contributed by atoms with van der Waals surface area (Å²) in [5.74, 6) is -0.849. The zero-order valence-corrected chi connectivity index (χ0v) is 56.5. The number of allylic oxidation sites excluding steroid dienone is 4. The average Bonchev–Trinajstić information content (AvgIpc) is 3.49. The molecule has 0 spiro atoms. The average molecular weight is 1170 g/mol. The highest BCUT2D eigenvalue weighted by Crippen LogP contribution is 2.20. The van der Waals surface area contributed by atoms with Crippen molar-refractivity contribution in [1.82, 2.24) is 0 Å². The fraction of sp³-hybridized carbons (Fsp3) is 0.909. The summed E-state index contributed by atoms with van der Waals surface area (Å²) in [6.07, 6.45) is 89.5. The molecule has 83 heavy (non-hydrogen) atoms. The Morgan fingerprint density at radius 3 is 0.711 bits per heavy atom. The van der Waals surface area contributed by atoms with Gasteiger partial charge in [-0.2, -0.15) is 0 Å². The Hall–Kier alpha value is -2.11. The van der Waals surface area contributed by atoms with E-state index in [1.54, 1.807) is 0 Å². The van der Waals surface area contributed by atoms with Crippen LogP contribution >= 0.6 is 0 Å². The van der Waals surface area contributed by atoms with E-state index in [1.165, 1.54) is 308 Å². The second kappa shape index (κ2) is 72.4. The molecular formula is C77H146O6. The summed E-state index contributed by atoms with van der Waals surface area (Å²) in [6.45, 7) is 6.66. The molecule has 0 aliphatic heterocycles. The van der Waals surface area contributed by atoms with Crippen LogP contribution in [-0.4, -0.2) is 37.2 Å². The van der Waals surface area contributed by atoms with Crippen molar-refractivity contribution in [3.63, 3.8) is 0 Å². The third kappa shape index (κ3) is 70.5. The second-order valence-electron chi connectivity index (χ2n) is 25.9. The van der Waals surface area contributed by atoms with Gasteiger partial charge in [0, 0.05) is 19.3 Å². The van der Waals surface area contributed by atoms with Gasteiger partial charge in [0.1, 0.15) is 13.2 Å². The van der Waals surface area contributed by atoms with Crippen molar-refractivity contribution in [3.8, 4) is 0 Å². The third-order valence-electron chi connectivity index (χ3n) is 17.4. The van der Waals surface area contributed by atoms with Crippen molar-refractivity contribution in [3.05, 3.63) is 24.3 Å². The van der Waals surface area contributed by atoms with Crippen molar-refractivity contribution >= 4 is 17.9 Å². The molecule has 0 amide bonds. The Kier molecular flexibility index (Phi) is 70.5. The first-order valence-corrected chi connectivity index (χ1v) is 37.8. The maximum absolute atomic E-state index is 13.0. The zero-order valence-electron chi connectivity index (χ0n) is 56.5. The third-order valence-corrected chi connectivity index (χ3v) is 17.4. The van der Waals surface area contributed by atoms with Crippen molar-refractivity contribution in [2.75, 3.05) is 13.2 Å². The van der Waals surface area contributed by atoms with E-state index in [1.807, 2.05) is 0 Å². The molecule has 1 atom stereocenters. The molecule has 6 heteroatoms. The number of hydrogen-bond acceptors (Lipinski definition) is 6. The SMILES string of the molecule is CCC/C=C\C/C=C\CCCCCCCC(=O)OCC(COC(=O)CCCCCCCCCCCCCCCCCCCCCCCCCCCCC)OC(=O)CCCCCCCCCCCCCCCCCCCCCCCCCCC. The van der Waals surface area contributed by atoms with Crippen LogP contribution in [-0.2, 0) is 28.6 Å². The van der Waals surface area contributed by atoms with Crippen molar-refractivity contribution in [2.24, 2.45) is 0 Å². The summed E-state index contributed by atoms with van der Waals surface area (Å²) in [5, 5.41) is 0. The highest BCUT2D eigenvalue weighted by atomic mass is 16.6. The lowest BCUT2D eigenvalue weighted by Crippen LogP contribution is -2.30. The Balaban J connectivity index is 4.17. The monoisotopic (exact) mass is 1170 g/mol. The van der Waals surface area contributed by atoms with E-state index in [0.717, 1.165) is 83.5 Å². The topological polar surface area (TPSA) is 78.9 Å². The summed E-state index contributed by atoms with van der Waals surface area (Å²) in [7, 11) is 0. The Morgan fingerprint density at radius 1 is 0.241 bits per heavy atom. The predicted octanol–water partition coefficient (Wildman–Crippen LogP) is 26.1. The number of carbonyl (C=O) groups is 3. The van der Waals surface area contributed by atoms with Crippen LogP contribution in [0, 0.1) is 0 Å². The first-order chi connectivity index (χ1) is 41.0. The fourth-order valence-corrected chi connectivity index (χ4v) is 11.8. The van der Waals surface area contributed by atoms with E-state index >= 15 is 0 Å². The smallest absolute Gasteiger partial charge is 0.306 e. The number of esters is 3. The first kappa shape index (κ1) is 80.9. The van der Waals surface area contributed by atoms with Gasteiger partial charge in [0.15, 0.2) is 6.10 Å². The van der Waals surface area contributed by atoms with E-state index < -0.39 is 6.10 Å². The zero-order chi connectivity index (χ0) is 59.9. The van der Waals surface area contributed by atoms with Crippen molar-refractivity contribution < 1.29 is 28.6 Å². The van der Waals surface area contributed by atoms with E-state index in [2.05, 4.69) is 45.1 Å². The Labute approximate surface area is 519 Å². The number of carbonyl (C=O) groups excluding carboxylic acids is 3. The van der Waals surface area contributed by atoms with Crippen LogP contribution < -0.4 is 0 Å². The van der Waals surface area contributed by atoms with E-state index in [-0.39, 0.29) is 31.1 Å². The van der Waals surface area contributed by atoms with Crippen LogP contribution in [0.1, 0.15) is 432 Å². The van der Waals surface area contributed by atoms with Crippen LogP contribution in [0.3, 0.4) is 0 Å². The molecule has 0 aromatic carbocycles. The molecule has 0 saturated carbocycles. The number of unbranched alkanes of at least 4 members (excludes halogenated alkanes) is 56. The van der Waals surface area contributed by atoms with E-state index in [0.29, 0.717) is 19.3 Å². The van der Waals surface area contributed by atoms with Crippen molar-refractivity contribution in [1.29, 1.82) is 0 Å². The van der Waals surface area contributed by atoms with Gasteiger partial charge in [-0.1, -0.05) is 392 Å². The normalized spacial score (nSPS) is 12.1. The molecule has 0 N–H and O–H groups in total. The molecule has 0 aromatic heterocycles. The molecule has 0 aliphatic rings. The lowest BCUT2D eigenvalue weighted by Gasteiger charge is -2.18. The number of ether oxygens (including phenoxy) is 3. The molecule has 0 fully saturated rings. The number of hydrogen-bond donors (Lipinski definition) is 0. The minimum absolute atomic E-state index is 0.0691. The highest BCUT2D eigenvalue weighted by Gasteiger charge is 2.20. The van der Waals surface area contributed by atoms with Gasteiger partial charge in [0.05, 0.1) is 0 Å². The molecule has 6 nitrogen and oxygen atoms in total. The van der Waals surface area contributed by atoms with Gasteiger partial charge in [0.25, 0.3) is 0 Å². The molecule has 490 valence electrons. The standard InChI is InChI=1S/C77H146O6/c1-4-7-10-13-16-19-22-25-27-29-31-33-35-37-38-40-41-43-45-47-49-52-55-58-61-64-67-70-76(79)82-73-74(72-81-75(78)69-66-63-60-57-54-51-24-21-18-15-12-9-6-3)83-77(80)71-68-65-62-59-56-53-50-48-46-44-42-39-36-34-32-30-28-26-23-20-17-14-11-8-5-2/h12,15,21,24,74H,4-11,13-14,16-20,22-23,25-73H2,1-3H3/b15-12-,24-21-. The predicted molar refractivity (Wildman–Crippen MR) is 363 cm³/mol. The highest BCUT2D eigenvalue weighted by molar-refractivity contribution is 5.71. The molecule has 0 heterocycles. The Bertz CT molecular complexity index is 1340. The van der Waals surface area contributed by atoms with Gasteiger partial charge in [-0.25, -0.2) is 0 Å². The fourth-order valence-electron chi connectivity index (χ4n) is 11.8. The summed E-state index contributed by atoms with van der Waals surface area (Å²) in [6, 6.07) is 0. The van der Waals surface area contributed by atoms with Crippen LogP contribution in [0.5, 0.6) is 0 Å². The molecule has 0 saturated heterocycles. The second-order valence-corrected chi connectivity index (χ2v) is 25.9. The van der Waals surface area contributed by atoms with Crippen LogP contribution in [0.25, 0.3) is 0 Å². The van der Waals surface area contributed by atoms with Crippen molar-refractivity contribution in [2.45, 2.75) is 438 Å². The number of rotatable bonds is 71. The molecular weight excluding hydrogens is 1020 g/mol. The van der Waals surface area contributed by atoms with Crippen LogP contribution in [0.15, 0.2) is 24.3 Å². The van der Waals surface area contributed by atoms with Gasteiger partial charge < -0.3 is 14.2 Å². The lowest BCUT2D eigenvalue weighted by molar-refractivity contribution is -0.167. The van der Waals surface area contributed by atoms with Gasteiger partial charge in [0.2, 0.25) is 0 Å². The maximum atomic E-state index is 13.0. The minimum Gasteiger partial charge on any atom is -0.462 e. The van der Waals surface area contributed by atoms with Crippen LogP contribution in [0.2, 0.25) is 0 Å². The van der Waals surface area contributed by atoms with Gasteiger partial charge in [-0.15, -0.1) is 0 Å². The van der Waals surface area contributed by atoms with Crippen LogP contribution in [0.4, 0.5) is 0 Å².